The Morgan fingerprint density at radius 2 is 2.04 bits per heavy atom. The van der Waals surface area contributed by atoms with Crippen LogP contribution in [0.3, 0.4) is 0 Å². The molecule has 5 heteroatoms. The summed E-state index contributed by atoms with van der Waals surface area (Å²) in [6, 6.07) is 13.1. The molecule has 130 valence electrons. The number of methoxy groups -OCH3 is 1. The summed E-state index contributed by atoms with van der Waals surface area (Å²) >= 11 is 0. The summed E-state index contributed by atoms with van der Waals surface area (Å²) in [6.07, 6.45) is 2.29. The number of carboxylic acids is 1. The monoisotopic (exact) mass is 338 g/mol. The smallest absolute Gasteiger partial charge is 0.321 e. The number of H-pyrrole nitrogens is 1. The molecule has 2 aromatic carbocycles. The lowest BCUT2D eigenvalue weighted by atomic mass is 10.0. The molecule has 0 aliphatic heterocycles. The molecule has 0 saturated heterocycles. The van der Waals surface area contributed by atoms with Crippen LogP contribution in [-0.4, -0.2) is 29.2 Å². The maximum absolute atomic E-state index is 11.7. The van der Waals surface area contributed by atoms with Gasteiger partial charge in [0.2, 0.25) is 0 Å². The average Bonchev–Trinajstić information content (AvgIpc) is 3.01. The van der Waals surface area contributed by atoms with Crippen molar-refractivity contribution in [2.45, 2.75) is 25.9 Å². The van der Waals surface area contributed by atoms with Gasteiger partial charge in [-0.2, -0.15) is 0 Å². The average molecular weight is 338 g/mol. The predicted octanol–water partition coefficient (Wildman–Crippen LogP) is 3.27. The van der Waals surface area contributed by atoms with Crippen molar-refractivity contribution in [2.75, 3.05) is 7.11 Å². The van der Waals surface area contributed by atoms with E-state index in [9.17, 15) is 9.90 Å². The third kappa shape index (κ3) is 3.83. The highest BCUT2D eigenvalue weighted by atomic mass is 16.5. The molecule has 5 nitrogen and oxygen atoms in total. The first-order chi connectivity index (χ1) is 12.1. The van der Waals surface area contributed by atoms with Crippen LogP contribution >= 0.6 is 0 Å². The van der Waals surface area contributed by atoms with Crippen LogP contribution in [0.5, 0.6) is 5.75 Å². The van der Waals surface area contributed by atoms with E-state index < -0.39 is 12.0 Å². The number of ether oxygens (including phenoxy) is 1. The van der Waals surface area contributed by atoms with E-state index in [0.717, 1.165) is 33.3 Å². The minimum atomic E-state index is -0.864. The molecule has 0 saturated carbocycles. The zero-order valence-corrected chi connectivity index (χ0v) is 14.4. The molecule has 0 amide bonds. The van der Waals surface area contributed by atoms with E-state index in [4.69, 9.17) is 4.74 Å². The highest BCUT2D eigenvalue weighted by molar-refractivity contribution is 5.84. The Balaban J connectivity index is 1.76. The molecule has 0 aliphatic rings. The summed E-state index contributed by atoms with van der Waals surface area (Å²) in [6.45, 7) is 2.44. The number of rotatable bonds is 7. The minimum Gasteiger partial charge on any atom is -0.496 e. The number of para-hydroxylation sites is 1. The Morgan fingerprint density at radius 3 is 2.80 bits per heavy atom. The molecule has 0 spiro atoms. The Bertz CT molecular complexity index is 886. The highest BCUT2D eigenvalue weighted by Crippen LogP contribution is 2.21. The first kappa shape index (κ1) is 17.0. The molecular weight excluding hydrogens is 316 g/mol. The van der Waals surface area contributed by atoms with Crippen molar-refractivity contribution < 1.29 is 14.6 Å². The number of hydrogen-bond acceptors (Lipinski definition) is 3. The molecule has 3 N–H and O–H groups in total. The van der Waals surface area contributed by atoms with Crippen molar-refractivity contribution in [3.8, 4) is 5.75 Å². The van der Waals surface area contributed by atoms with Gasteiger partial charge in [-0.1, -0.05) is 35.9 Å². The predicted molar refractivity (Wildman–Crippen MR) is 98.0 cm³/mol. The van der Waals surface area contributed by atoms with Crippen LogP contribution in [0.1, 0.15) is 16.7 Å². The van der Waals surface area contributed by atoms with Crippen molar-refractivity contribution in [3.63, 3.8) is 0 Å². The molecule has 1 atom stereocenters. The normalized spacial score (nSPS) is 12.2. The number of carboxylic acid groups (broad SMARTS) is 1. The Morgan fingerprint density at radius 1 is 1.24 bits per heavy atom. The number of benzene rings is 2. The van der Waals surface area contributed by atoms with Gasteiger partial charge in [-0.15, -0.1) is 0 Å². The number of aryl methyl sites for hydroxylation is 1. The van der Waals surface area contributed by atoms with Gasteiger partial charge in [0.15, 0.2) is 0 Å². The van der Waals surface area contributed by atoms with Crippen LogP contribution in [0.4, 0.5) is 0 Å². The van der Waals surface area contributed by atoms with Gasteiger partial charge < -0.3 is 14.8 Å². The van der Waals surface area contributed by atoms with Crippen molar-refractivity contribution in [3.05, 3.63) is 65.4 Å². The van der Waals surface area contributed by atoms with E-state index in [0.29, 0.717) is 13.0 Å². The van der Waals surface area contributed by atoms with E-state index in [-0.39, 0.29) is 0 Å². The fourth-order valence-electron chi connectivity index (χ4n) is 3.05. The topological polar surface area (TPSA) is 74.3 Å². The Hall–Kier alpha value is -2.79. The quantitative estimate of drug-likeness (QED) is 0.618. The lowest BCUT2D eigenvalue weighted by molar-refractivity contribution is -0.139. The van der Waals surface area contributed by atoms with Gasteiger partial charge in [0.25, 0.3) is 0 Å². The van der Waals surface area contributed by atoms with Crippen LogP contribution in [0.25, 0.3) is 10.9 Å². The molecule has 0 fully saturated rings. The second-order valence-electron chi connectivity index (χ2n) is 6.15. The number of aliphatic carboxylic acids is 1. The minimum absolute atomic E-state index is 0.410. The van der Waals surface area contributed by atoms with Crippen molar-refractivity contribution in [1.29, 1.82) is 0 Å². The molecule has 0 bridgehead atoms. The summed E-state index contributed by atoms with van der Waals surface area (Å²) in [5.41, 5.74) is 4.07. The molecule has 1 aromatic heterocycles. The molecule has 0 radical (unpaired) electrons. The molecule has 0 unspecified atom stereocenters. The fraction of sp³-hybridized carbons (Fsp3) is 0.250. The van der Waals surface area contributed by atoms with Crippen LogP contribution < -0.4 is 10.1 Å². The number of fused-ring (bicyclic) bond motifs is 1. The number of aromatic nitrogens is 1. The van der Waals surface area contributed by atoms with Gasteiger partial charge in [-0.25, -0.2) is 0 Å². The number of hydrogen-bond donors (Lipinski definition) is 3. The Kier molecular flexibility index (Phi) is 5.05. The lowest BCUT2D eigenvalue weighted by Gasteiger charge is -2.16. The van der Waals surface area contributed by atoms with Crippen LogP contribution in [-0.2, 0) is 17.8 Å². The SMILES string of the molecule is COc1ccc(C)cc1CN[C@H](Cc1c[nH]c2ccccc12)C(=O)O. The van der Waals surface area contributed by atoms with Crippen LogP contribution in [0.15, 0.2) is 48.7 Å². The summed E-state index contributed by atoms with van der Waals surface area (Å²) in [7, 11) is 1.62. The molecule has 3 rings (SSSR count). The van der Waals surface area contributed by atoms with Gasteiger partial charge in [0, 0.05) is 35.6 Å². The summed E-state index contributed by atoms with van der Waals surface area (Å²) in [4.78, 5) is 14.9. The molecule has 25 heavy (non-hydrogen) atoms. The summed E-state index contributed by atoms with van der Waals surface area (Å²) in [5, 5.41) is 13.8. The largest absolute Gasteiger partial charge is 0.496 e. The van der Waals surface area contributed by atoms with Gasteiger partial charge in [0.1, 0.15) is 11.8 Å². The second kappa shape index (κ2) is 7.40. The highest BCUT2D eigenvalue weighted by Gasteiger charge is 2.19. The third-order valence-electron chi connectivity index (χ3n) is 4.37. The fourth-order valence-corrected chi connectivity index (χ4v) is 3.05. The second-order valence-corrected chi connectivity index (χ2v) is 6.15. The summed E-state index contributed by atoms with van der Waals surface area (Å²) in [5.74, 6) is -0.105. The van der Waals surface area contributed by atoms with Crippen LogP contribution in [0.2, 0.25) is 0 Å². The molecule has 3 aromatic rings. The van der Waals surface area contributed by atoms with E-state index in [1.807, 2.05) is 55.6 Å². The zero-order chi connectivity index (χ0) is 17.8. The number of carbonyl (C=O) groups is 1. The van der Waals surface area contributed by atoms with E-state index in [1.54, 1.807) is 7.11 Å². The maximum Gasteiger partial charge on any atom is 0.321 e. The lowest BCUT2D eigenvalue weighted by Crippen LogP contribution is -2.38. The number of aromatic amines is 1. The van der Waals surface area contributed by atoms with E-state index in [1.165, 1.54) is 0 Å². The van der Waals surface area contributed by atoms with Gasteiger partial charge >= 0.3 is 5.97 Å². The Labute approximate surface area is 146 Å². The standard InChI is InChI=1S/C20H22N2O3/c1-13-7-8-19(25-2)15(9-13)12-22-18(20(23)24)10-14-11-21-17-6-4-3-5-16(14)17/h3-9,11,18,21-22H,10,12H2,1-2H3,(H,23,24)/t18-/m1/s1. The molecular formula is C20H22N2O3. The zero-order valence-electron chi connectivity index (χ0n) is 14.4. The van der Waals surface area contributed by atoms with Gasteiger partial charge in [0.05, 0.1) is 7.11 Å². The molecule has 0 aliphatic carbocycles. The van der Waals surface area contributed by atoms with Crippen molar-refractivity contribution in [1.82, 2.24) is 10.3 Å². The maximum atomic E-state index is 11.7. The van der Waals surface area contributed by atoms with E-state index in [2.05, 4.69) is 10.3 Å². The summed E-state index contributed by atoms with van der Waals surface area (Å²) < 4.78 is 5.36. The van der Waals surface area contributed by atoms with E-state index >= 15 is 0 Å². The van der Waals surface area contributed by atoms with Crippen LogP contribution in [0, 0.1) is 6.92 Å². The first-order valence-electron chi connectivity index (χ1n) is 8.23. The third-order valence-corrected chi connectivity index (χ3v) is 4.37. The van der Waals surface area contributed by atoms with Gasteiger partial charge in [-0.3, -0.25) is 10.1 Å². The first-order valence-corrected chi connectivity index (χ1v) is 8.23. The van der Waals surface area contributed by atoms with Gasteiger partial charge in [-0.05, 0) is 24.6 Å². The number of nitrogens with one attached hydrogen (secondary N) is 2. The molecule has 1 heterocycles. The van der Waals surface area contributed by atoms with Crippen molar-refractivity contribution >= 4 is 16.9 Å². The van der Waals surface area contributed by atoms with Crippen molar-refractivity contribution in [2.24, 2.45) is 0 Å².